The summed E-state index contributed by atoms with van der Waals surface area (Å²) in [5, 5.41) is 7.81. The van der Waals surface area contributed by atoms with Crippen molar-refractivity contribution in [1.29, 1.82) is 0 Å². The first-order chi connectivity index (χ1) is 17.0. The number of aryl methyl sites for hydroxylation is 1. The number of nitrogens with zero attached hydrogens (tertiary/aromatic N) is 5. The van der Waals surface area contributed by atoms with E-state index in [2.05, 4.69) is 25.4 Å². The van der Waals surface area contributed by atoms with E-state index in [9.17, 15) is 31.5 Å². The lowest BCUT2D eigenvalue weighted by Gasteiger charge is -2.18. The average Bonchev–Trinajstić information content (AvgIpc) is 2.80. The molecule has 2 N–H and O–H groups in total. The molecule has 0 aliphatic rings. The molecule has 4 rings (SSSR count). The van der Waals surface area contributed by atoms with Crippen molar-refractivity contribution < 1.29 is 22.0 Å². The van der Waals surface area contributed by atoms with E-state index in [4.69, 9.17) is 0 Å². The largest absolute Gasteiger partial charge is 0.423 e. The highest BCUT2D eigenvalue weighted by Gasteiger charge is 2.37. The van der Waals surface area contributed by atoms with E-state index in [0.29, 0.717) is 12.8 Å². The third kappa shape index (κ3) is 5.21. The fourth-order valence-electron chi connectivity index (χ4n) is 3.66. The predicted octanol–water partition coefficient (Wildman–Crippen LogP) is 3.51. The van der Waals surface area contributed by atoms with Gasteiger partial charge in [0.2, 0.25) is 0 Å². The molecule has 1 atom stereocenters. The number of fused-ring (bicyclic) bond motifs is 1. The number of rotatable bonds is 7. The number of aromatic nitrogens is 6. The van der Waals surface area contributed by atoms with Crippen LogP contribution in [0, 0.1) is 11.6 Å². The van der Waals surface area contributed by atoms with Crippen LogP contribution in [0.5, 0.6) is 0 Å². The van der Waals surface area contributed by atoms with E-state index in [1.807, 2.05) is 0 Å². The molecule has 4 aromatic rings. The van der Waals surface area contributed by atoms with Gasteiger partial charge in [-0.2, -0.15) is 18.3 Å². The fraction of sp³-hybridized carbons (Fsp3) is 0.273. The summed E-state index contributed by atoms with van der Waals surface area (Å²) in [5.74, 6) is -1.52. The van der Waals surface area contributed by atoms with Crippen LogP contribution in [-0.4, -0.2) is 35.8 Å². The topological polar surface area (TPSA) is 118 Å². The van der Waals surface area contributed by atoms with Gasteiger partial charge in [-0.1, -0.05) is 0 Å². The second-order valence-corrected chi connectivity index (χ2v) is 7.99. The molecule has 0 radical (unpaired) electrons. The van der Waals surface area contributed by atoms with Gasteiger partial charge in [0.05, 0.1) is 47.1 Å². The summed E-state index contributed by atoms with van der Waals surface area (Å²) in [4.78, 5) is 36.1. The SMILES string of the molecule is C[C@@H](CCCn1cnc2cc(-c3ncc(F)cn3)c(F)cc2c1=O)Nc1cn[nH]c(=O)c1C(F)(F)F. The van der Waals surface area contributed by atoms with Crippen LogP contribution in [0.25, 0.3) is 22.3 Å². The second-order valence-electron chi connectivity index (χ2n) is 7.99. The molecular formula is C22H18F5N7O2. The van der Waals surface area contributed by atoms with Gasteiger partial charge < -0.3 is 5.32 Å². The van der Waals surface area contributed by atoms with Crippen molar-refractivity contribution in [2.75, 3.05) is 5.32 Å². The fourth-order valence-corrected chi connectivity index (χ4v) is 3.66. The lowest BCUT2D eigenvalue weighted by Crippen LogP contribution is -2.27. The van der Waals surface area contributed by atoms with E-state index < -0.39 is 46.2 Å². The second kappa shape index (κ2) is 9.79. The van der Waals surface area contributed by atoms with Crippen LogP contribution >= 0.6 is 0 Å². The van der Waals surface area contributed by atoms with E-state index >= 15 is 0 Å². The molecule has 0 spiro atoms. The molecule has 0 aliphatic carbocycles. The van der Waals surface area contributed by atoms with Crippen molar-refractivity contribution in [3.05, 3.63) is 75.0 Å². The number of halogens is 5. The Morgan fingerprint density at radius 3 is 2.50 bits per heavy atom. The smallest absolute Gasteiger partial charge is 0.381 e. The molecule has 0 unspecified atom stereocenters. The summed E-state index contributed by atoms with van der Waals surface area (Å²) in [6.45, 7) is 1.79. The van der Waals surface area contributed by atoms with Gasteiger partial charge in [-0.3, -0.25) is 14.2 Å². The molecule has 0 saturated carbocycles. The Morgan fingerprint density at radius 1 is 1.08 bits per heavy atom. The first-order valence-electron chi connectivity index (χ1n) is 10.6. The van der Waals surface area contributed by atoms with Gasteiger partial charge in [0, 0.05) is 12.6 Å². The molecule has 3 aromatic heterocycles. The van der Waals surface area contributed by atoms with Crippen LogP contribution in [0.15, 0.2) is 46.6 Å². The Kier molecular flexibility index (Phi) is 6.77. The van der Waals surface area contributed by atoms with Crippen molar-refractivity contribution in [2.45, 2.75) is 38.5 Å². The Hall–Kier alpha value is -4.23. The molecule has 0 saturated heterocycles. The third-order valence-corrected chi connectivity index (χ3v) is 5.35. The summed E-state index contributed by atoms with van der Waals surface area (Å²) < 4.78 is 68.5. The van der Waals surface area contributed by atoms with Crippen LogP contribution in [0.1, 0.15) is 25.3 Å². The van der Waals surface area contributed by atoms with E-state index in [0.717, 1.165) is 24.7 Å². The summed E-state index contributed by atoms with van der Waals surface area (Å²) in [6, 6.07) is 1.81. The number of alkyl halides is 3. The molecule has 0 fully saturated rings. The standard InChI is InChI=1S/C22H18F5N7O2/c1-11(32-17-9-31-33-20(35)18(17)22(25,26)27)3-2-4-34-10-30-16-6-13(15(24)5-14(16)21(34)36)19-28-7-12(23)8-29-19/h5-11H,2-4H2,1H3,(H2,32,33,35)/t11-/m0/s1. The zero-order valence-corrected chi connectivity index (χ0v) is 18.6. The predicted molar refractivity (Wildman–Crippen MR) is 119 cm³/mol. The van der Waals surface area contributed by atoms with Crippen LogP contribution in [0.4, 0.5) is 27.6 Å². The van der Waals surface area contributed by atoms with Gasteiger partial charge >= 0.3 is 6.18 Å². The zero-order valence-electron chi connectivity index (χ0n) is 18.6. The molecule has 36 heavy (non-hydrogen) atoms. The molecule has 14 heteroatoms. The van der Waals surface area contributed by atoms with Crippen molar-refractivity contribution in [3.8, 4) is 11.4 Å². The van der Waals surface area contributed by atoms with Crippen LogP contribution in [0.2, 0.25) is 0 Å². The number of aromatic amines is 1. The summed E-state index contributed by atoms with van der Waals surface area (Å²) in [7, 11) is 0. The highest BCUT2D eigenvalue weighted by Crippen LogP contribution is 2.31. The van der Waals surface area contributed by atoms with Gasteiger partial charge in [-0.15, -0.1) is 0 Å². The van der Waals surface area contributed by atoms with Gasteiger partial charge in [-0.25, -0.2) is 28.8 Å². The van der Waals surface area contributed by atoms with Gasteiger partial charge in [0.25, 0.3) is 11.1 Å². The van der Waals surface area contributed by atoms with Crippen LogP contribution < -0.4 is 16.4 Å². The number of hydrogen-bond donors (Lipinski definition) is 2. The Labute approximate surface area is 199 Å². The maximum Gasteiger partial charge on any atom is 0.423 e. The highest BCUT2D eigenvalue weighted by atomic mass is 19.4. The number of benzene rings is 1. The minimum Gasteiger partial charge on any atom is -0.381 e. The molecule has 0 amide bonds. The van der Waals surface area contributed by atoms with E-state index in [1.54, 1.807) is 12.0 Å². The van der Waals surface area contributed by atoms with Gasteiger partial charge in [-0.05, 0) is 31.9 Å². The quantitative estimate of drug-likeness (QED) is 0.368. The summed E-state index contributed by atoms with van der Waals surface area (Å²) in [6.07, 6.45) is -0.211. The summed E-state index contributed by atoms with van der Waals surface area (Å²) in [5.41, 5.74) is -3.53. The van der Waals surface area contributed by atoms with E-state index in [-0.39, 0.29) is 28.8 Å². The Balaban J connectivity index is 1.47. The normalized spacial score (nSPS) is 12.6. The number of hydrogen-bond acceptors (Lipinski definition) is 7. The van der Waals surface area contributed by atoms with Crippen molar-refractivity contribution in [2.24, 2.45) is 0 Å². The molecular weight excluding hydrogens is 489 g/mol. The van der Waals surface area contributed by atoms with Gasteiger partial charge in [0.15, 0.2) is 11.6 Å². The maximum absolute atomic E-state index is 14.7. The molecule has 3 heterocycles. The van der Waals surface area contributed by atoms with E-state index in [1.165, 1.54) is 17.0 Å². The van der Waals surface area contributed by atoms with Crippen LogP contribution in [-0.2, 0) is 12.7 Å². The molecule has 188 valence electrons. The molecule has 1 aromatic carbocycles. The van der Waals surface area contributed by atoms with Crippen molar-refractivity contribution >= 4 is 16.6 Å². The van der Waals surface area contributed by atoms with Crippen molar-refractivity contribution in [3.63, 3.8) is 0 Å². The maximum atomic E-state index is 14.7. The first kappa shape index (κ1) is 24.9. The minimum atomic E-state index is -4.86. The third-order valence-electron chi connectivity index (χ3n) is 5.35. The molecule has 0 bridgehead atoms. The number of H-pyrrole nitrogens is 1. The lowest BCUT2D eigenvalue weighted by molar-refractivity contribution is -0.138. The summed E-state index contributed by atoms with van der Waals surface area (Å²) >= 11 is 0. The zero-order chi connectivity index (χ0) is 26.0. The molecule has 9 nitrogen and oxygen atoms in total. The Morgan fingerprint density at radius 2 is 1.81 bits per heavy atom. The first-order valence-corrected chi connectivity index (χ1v) is 10.6. The minimum absolute atomic E-state index is 0.0106. The van der Waals surface area contributed by atoms with Crippen molar-refractivity contribution in [1.82, 2.24) is 29.7 Å². The lowest BCUT2D eigenvalue weighted by atomic mass is 10.1. The highest BCUT2D eigenvalue weighted by molar-refractivity contribution is 5.82. The number of anilines is 1. The van der Waals surface area contributed by atoms with Gasteiger partial charge in [0.1, 0.15) is 11.4 Å². The average molecular weight is 507 g/mol. The molecule has 0 aliphatic heterocycles. The number of nitrogens with one attached hydrogen (secondary N) is 2. The Bertz CT molecular complexity index is 1520. The monoisotopic (exact) mass is 507 g/mol. The van der Waals surface area contributed by atoms with Crippen LogP contribution in [0.3, 0.4) is 0 Å².